The first-order valence-electron chi connectivity index (χ1n) is 6.53. The number of hydrogen-bond acceptors (Lipinski definition) is 0. The van der Waals surface area contributed by atoms with Crippen LogP contribution in [0.1, 0.15) is 32.6 Å². The van der Waals surface area contributed by atoms with Crippen LogP contribution >= 0.6 is 0 Å². The molecule has 0 nitrogen and oxygen atoms in total. The van der Waals surface area contributed by atoms with Crippen LogP contribution in [-0.2, 0) is 0 Å². The Kier molecular flexibility index (Phi) is 1.40. The molecule has 7 unspecified atom stereocenters. The summed E-state index contributed by atoms with van der Waals surface area (Å²) >= 11 is 0. The third-order valence-corrected chi connectivity index (χ3v) is 5.85. The van der Waals surface area contributed by atoms with E-state index in [0.717, 1.165) is 35.5 Å². The van der Waals surface area contributed by atoms with Crippen LogP contribution in [0, 0.1) is 41.4 Å². The topological polar surface area (TPSA) is 0 Å². The van der Waals surface area contributed by atoms with E-state index in [1.165, 1.54) is 18.8 Å². The number of allylic oxidation sites excluding steroid dienone is 2. The fraction of sp³-hybridized carbons (Fsp3) is 0.857. The van der Waals surface area contributed by atoms with Gasteiger partial charge in [0, 0.05) is 0 Å². The molecule has 3 fully saturated rings. The summed E-state index contributed by atoms with van der Waals surface area (Å²) in [4.78, 5) is 0. The molecule has 0 N–H and O–H groups in total. The predicted octanol–water partition coefficient (Wildman–Crippen LogP) is 3.49. The number of hydrogen-bond donors (Lipinski definition) is 0. The molecule has 76 valence electrons. The second-order valence-corrected chi connectivity index (χ2v) is 6.31. The maximum absolute atomic E-state index is 2.54. The van der Waals surface area contributed by atoms with E-state index in [9.17, 15) is 0 Å². The molecule has 7 atom stereocenters. The van der Waals surface area contributed by atoms with Gasteiger partial charge in [-0.25, -0.2) is 0 Å². The molecule has 0 aromatic carbocycles. The normalized spacial score (nSPS) is 63.4. The Balaban J connectivity index is 1.58. The van der Waals surface area contributed by atoms with Gasteiger partial charge < -0.3 is 0 Å². The van der Waals surface area contributed by atoms with Crippen molar-refractivity contribution >= 4 is 0 Å². The predicted molar refractivity (Wildman–Crippen MR) is 57.7 cm³/mol. The molecule has 4 aliphatic rings. The minimum atomic E-state index is 1.03. The molecule has 3 saturated carbocycles. The smallest absolute Gasteiger partial charge is 0.0165 e. The molecule has 4 aliphatic carbocycles. The van der Waals surface area contributed by atoms with E-state index in [4.69, 9.17) is 0 Å². The highest BCUT2D eigenvalue weighted by Gasteiger charge is 2.65. The van der Waals surface area contributed by atoms with E-state index < -0.39 is 0 Å². The third kappa shape index (κ3) is 0.741. The lowest BCUT2D eigenvalue weighted by molar-refractivity contribution is -0.202. The van der Waals surface area contributed by atoms with E-state index in [1.54, 1.807) is 12.8 Å². The zero-order valence-corrected chi connectivity index (χ0v) is 9.02. The Morgan fingerprint density at radius 3 is 2.86 bits per heavy atom. The summed E-state index contributed by atoms with van der Waals surface area (Å²) in [6.07, 6.45) is 11.1. The first-order valence-corrected chi connectivity index (χ1v) is 6.53. The van der Waals surface area contributed by atoms with Gasteiger partial charge in [0.1, 0.15) is 0 Å². The molecule has 0 heteroatoms. The van der Waals surface area contributed by atoms with Gasteiger partial charge >= 0.3 is 0 Å². The Hall–Kier alpha value is -0.260. The van der Waals surface area contributed by atoms with Crippen LogP contribution in [-0.4, -0.2) is 0 Å². The summed E-state index contributed by atoms with van der Waals surface area (Å²) in [5.74, 6) is 7.80. The molecular weight excluding hydrogens is 168 g/mol. The van der Waals surface area contributed by atoms with Crippen molar-refractivity contribution in [2.24, 2.45) is 41.4 Å². The SMILES string of the molecule is CC1CCC2C(C1)C1C3CC=CC3C21. The van der Waals surface area contributed by atoms with Gasteiger partial charge in [0.2, 0.25) is 0 Å². The quantitative estimate of drug-likeness (QED) is 0.510. The average molecular weight is 188 g/mol. The maximum Gasteiger partial charge on any atom is -0.0165 e. The fourth-order valence-corrected chi connectivity index (χ4v) is 5.31. The molecule has 0 spiro atoms. The van der Waals surface area contributed by atoms with Crippen molar-refractivity contribution in [3.05, 3.63) is 12.2 Å². The molecule has 0 amide bonds. The summed E-state index contributed by atoms with van der Waals surface area (Å²) in [7, 11) is 0. The Bertz CT molecular complexity index is 290. The van der Waals surface area contributed by atoms with E-state index in [0.29, 0.717) is 0 Å². The van der Waals surface area contributed by atoms with Crippen LogP contribution in [0.3, 0.4) is 0 Å². The van der Waals surface area contributed by atoms with Crippen molar-refractivity contribution in [3.8, 4) is 0 Å². The molecule has 0 aliphatic heterocycles. The van der Waals surface area contributed by atoms with Crippen molar-refractivity contribution in [2.75, 3.05) is 0 Å². The van der Waals surface area contributed by atoms with Gasteiger partial charge in [-0.05, 0) is 60.7 Å². The van der Waals surface area contributed by atoms with E-state index in [-0.39, 0.29) is 0 Å². The minimum absolute atomic E-state index is 1.03. The highest BCUT2D eigenvalue weighted by atomic mass is 14.7. The lowest BCUT2D eigenvalue weighted by Crippen LogP contribution is -2.64. The van der Waals surface area contributed by atoms with Crippen LogP contribution in [0.15, 0.2) is 12.2 Å². The van der Waals surface area contributed by atoms with Crippen LogP contribution in [0.5, 0.6) is 0 Å². The zero-order valence-electron chi connectivity index (χ0n) is 9.02. The monoisotopic (exact) mass is 188 g/mol. The lowest BCUT2D eigenvalue weighted by atomic mass is 9.36. The first kappa shape index (κ1) is 7.96. The maximum atomic E-state index is 2.54. The van der Waals surface area contributed by atoms with Gasteiger partial charge in [0.25, 0.3) is 0 Å². The number of rotatable bonds is 0. The van der Waals surface area contributed by atoms with Crippen LogP contribution in [0.25, 0.3) is 0 Å². The fourth-order valence-electron chi connectivity index (χ4n) is 5.31. The molecule has 0 saturated heterocycles. The van der Waals surface area contributed by atoms with E-state index >= 15 is 0 Å². The summed E-state index contributed by atoms with van der Waals surface area (Å²) < 4.78 is 0. The Morgan fingerprint density at radius 2 is 1.93 bits per heavy atom. The van der Waals surface area contributed by atoms with Crippen LogP contribution < -0.4 is 0 Å². The Morgan fingerprint density at radius 1 is 1.00 bits per heavy atom. The van der Waals surface area contributed by atoms with Crippen molar-refractivity contribution in [3.63, 3.8) is 0 Å². The molecular formula is C14H20. The molecule has 0 bridgehead atoms. The Labute approximate surface area is 86.8 Å². The van der Waals surface area contributed by atoms with Gasteiger partial charge in [-0.2, -0.15) is 0 Å². The summed E-state index contributed by atoms with van der Waals surface area (Å²) in [5, 5.41) is 0. The molecule has 14 heavy (non-hydrogen) atoms. The van der Waals surface area contributed by atoms with E-state index in [2.05, 4.69) is 19.1 Å². The van der Waals surface area contributed by atoms with Crippen molar-refractivity contribution in [1.29, 1.82) is 0 Å². The highest BCUT2D eigenvalue weighted by molar-refractivity contribution is 5.22. The third-order valence-electron chi connectivity index (χ3n) is 5.85. The zero-order chi connectivity index (χ0) is 9.28. The van der Waals surface area contributed by atoms with Crippen molar-refractivity contribution < 1.29 is 0 Å². The van der Waals surface area contributed by atoms with Crippen molar-refractivity contribution in [1.82, 2.24) is 0 Å². The summed E-state index contributed by atoms with van der Waals surface area (Å²) in [6, 6.07) is 0. The minimum Gasteiger partial charge on any atom is -0.0879 e. The van der Waals surface area contributed by atoms with Gasteiger partial charge in [-0.3, -0.25) is 0 Å². The second-order valence-electron chi connectivity index (χ2n) is 6.31. The first-order chi connectivity index (χ1) is 6.86. The van der Waals surface area contributed by atoms with Gasteiger partial charge in [0.15, 0.2) is 0 Å². The van der Waals surface area contributed by atoms with Gasteiger partial charge in [-0.15, -0.1) is 0 Å². The average Bonchev–Trinajstić information content (AvgIpc) is 2.50. The van der Waals surface area contributed by atoms with Gasteiger partial charge in [0.05, 0.1) is 0 Å². The summed E-state index contributed by atoms with van der Waals surface area (Å²) in [6.45, 7) is 2.46. The standard InChI is InChI=1S/C14H20/c1-8-5-6-11-12(7-8)14-10-4-2-3-9(10)13(11)14/h2-3,8-14H,4-7H2,1H3. The van der Waals surface area contributed by atoms with Crippen molar-refractivity contribution in [2.45, 2.75) is 32.6 Å². The number of fused-ring (bicyclic) bond motifs is 7. The van der Waals surface area contributed by atoms with Gasteiger partial charge in [-0.1, -0.05) is 25.5 Å². The molecule has 0 aromatic rings. The lowest BCUT2D eigenvalue weighted by Gasteiger charge is -2.69. The van der Waals surface area contributed by atoms with Crippen LogP contribution in [0.2, 0.25) is 0 Å². The molecule has 0 aromatic heterocycles. The molecule has 4 rings (SSSR count). The molecule has 0 radical (unpaired) electrons. The van der Waals surface area contributed by atoms with E-state index in [1.807, 2.05) is 0 Å². The summed E-state index contributed by atoms with van der Waals surface area (Å²) in [5.41, 5.74) is 0. The highest BCUT2D eigenvalue weighted by Crippen LogP contribution is 2.71. The van der Waals surface area contributed by atoms with Crippen LogP contribution in [0.4, 0.5) is 0 Å². The molecule has 0 heterocycles. The second kappa shape index (κ2) is 2.46. The largest absolute Gasteiger partial charge is 0.0879 e.